The lowest BCUT2D eigenvalue weighted by molar-refractivity contribution is 0.0579. The Labute approximate surface area is 86.8 Å². The predicted octanol–water partition coefficient (Wildman–Crippen LogP) is 1.74. The highest BCUT2D eigenvalue weighted by atomic mass is 15.3. The van der Waals surface area contributed by atoms with E-state index in [0.29, 0.717) is 5.54 Å². The molecule has 0 amide bonds. The van der Waals surface area contributed by atoms with Gasteiger partial charge >= 0.3 is 0 Å². The number of nitrogens with two attached hydrogens (primary N) is 1. The zero-order valence-electron chi connectivity index (χ0n) is 9.04. The average Bonchev–Trinajstić information content (AvgIpc) is 2.87. The van der Waals surface area contributed by atoms with Crippen molar-refractivity contribution in [3.8, 4) is 0 Å². The molecule has 2 atom stereocenters. The van der Waals surface area contributed by atoms with Crippen LogP contribution in [-0.2, 0) is 0 Å². The van der Waals surface area contributed by atoms with E-state index < -0.39 is 0 Å². The van der Waals surface area contributed by atoms with Crippen LogP contribution in [0.1, 0.15) is 44.9 Å². The zero-order chi connectivity index (χ0) is 9.60. The van der Waals surface area contributed by atoms with Crippen LogP contribution in [0.15, 0.2) is 0 Å². The molecule has 1 saturated heterocycles. The monoisotopic (exact) mass is 194 g/mol. The van der Waals surface area contributed by atoms with Crippen LogP contribution in [0.2, 0.25) is 0 Å². The molecule has 0 aromatic heterocycles. The van der Waals surface area contributed by atoms with Gasteiger partial charge in [0.2, 0.25) is 0 Å². The summed E-state index contributed by atoms with van der Waals surface area (Å²) < 4.78 is 0. The Hall–Kier alpha value is -0.0800. The van der Waals surface area contributed by atoms with Crippen molar-refractivity contribution in [3.63, 3.8) is 0 Å². The van der Waals surface area contributed by atoms with Crippen LogP contribution < -0.4 is 5.73 Å². The Morgan fingerprint density at radius 1 is 1.14 bits per heavy atom. The third-order valence-corrected chi connectivity index (χ3v) is 4.81. The molecule has 0 bridgehead atoms. The standard InChI is InChI=1S/C12H22N2/c13-9-12(6-7-12)14-8-2-4-10-3-1-5-11(10)14/h10-11H,1-9,13H2. The second kappa shape index (κ2) is 3.21. The number of fused-ring (bicyclic) bond motifs is 1. The summed E-state index contributed by atoms with van der Waals surface area (Å²) in [4.78, 5) is 2.80. The molecule has 2 heteroatoms. The molecule has 0 radical (unpaired) electrons. The highest BCUT2D eigenvalue weighted by molar-refractivity contribution is 5.09. The first-order valence-corrected chi connectivity index (χ1v) is 6.33. The van der Waals surface area contributed by atoms with Crippen molar-refractivity contribution in [3.05, 3.63) is 0 Å². The number of rotatable bonds is 2. The van der Waals surface area contributed by atoms with Crippen molar-refractivity contribution in [1.29, 1.82) is 0 Å². The van der Waals surface area contributed by atoms with E-state index in [-0.39, 0.29) is 0 Å². The maximum atomic E-state index is 5.94. The number of likely N-dealkylation sites (tertiary alicyclic amines) is 1. The molecule has 3 fully saturated rings. The van der Waals surface area contributed by atoms with Gasteiger partial charge in [0.15, 0.2) is 0 Å². The Bertz CT molecular complexity index is 222. The molecule has 0 spiro atoms. The van der Waals surface area contributed by atoms with Crippen molar-refractivity contribution >= 4 is 0 Å². The van der Waals surface area contributed by atoms with Gasteiger partial charge in [-0.25, -0.2) is 0 Å². The van der Waals surface area contributed by atoms with Gasteiger partial charge in [0.1, 0.15) is 0 Å². The van der Waals surface area contributed by atoms with E-state index in [1.807, 2.05) is 0 Å². The van der Waals surface area contributed by atoms with E-state index in [4.69, 9.17) is 5.73 Å². The minimum atomic E-state index is 0.466. The molecule has 3 rings (SSSR count). The molecule has 80 valence electrons. The van der Waals surface area contributed by atoms with Gasteiger partial charge in [0.05, 0.1) is 0 Å². The molecule has 3 aliphatic rings. The summed E-state index contributed by atoms with van der Waals surface area (Å²) in [6.07, 6.45) is 10.0. The zero-order valence-corrected chi connectivity index (χ0v) is 9.04. The summed E-state index contributed by atoms with van der Waals surface area (Å²) in [5, 5.41) is 0. The molecule has 1 heterocycles. The van der Waals surface area contributed by atoms with Crippen LogP contribution in [0, 0.1) is 5.92 Å². The minimum absolute atomic E-state index is 0.466. The Morgan fingerprint density at radius 2 is 1.93 bits per heavy atom. The van der Waals surface area contributed by atoms with E-state index in [9.17, 15) is 0 Å². The van der Waals surface area contributed by atoms with Gasteiger partial charge in [-0.1, -0.05) is 6.42 Å². The molecule has 2 aliphatic carbocycles. The fourth-order valence-electron chi connectivity index (χ4n) is 3.80. The summed E-state index contributed by atoms with van der Waals surface area (Å²) in [5.74, 6) is 1.02. The first-order valence-electron chi connectivity index (χ1n) is 6.33. The van der Waals surface area contributed by atoms with Crippen LogP contribution in [-0.4, -0.2) is 29.6 Å². The van der Waals surface area contributed by atoms with Gasteiger partial charge in [0, 0.05) is 18.1 Å². The van der Waals surface area contributed by atoms with Crippen molar-refractivity contribution in [1.82, 2.24) is 4.90 Å². The lowest BCUT2D eigenvalue weighted by atomic mass is 9.90. The smallest absolute Gasteiger partial charge is 0.0336 e. The van der Waals surface area contributed by atoms with Gasteiger partial charge < -0.3 is 5.73 Å². The summed E-state index contributed by atoms with van der Waals surface area (Å²) in [7, 11) is 0. The van der Waals surface area contributed by atoms with E-state index >= 15 is 0 Å². The van der Waals surface area contributed by atoms with Crippen molar-refractivity contribution < 1.29 is 0 Å². The fourth-order valence-corrected chi connectivity index (χ4v) is 3.80. The topological polar surface area (TPSA) is 29.3 Å². The van der Waals surface area contributed by atoms with Crippen molar-refractivity contribution in [2.24, 2.45) is 11.7 Å². The van der Waals surface area contributed by atoms with Crippen LogP contribution in [0.5, 0.6) is 0 Å². The summed E-state index contributed by atoms with van der Waals surface area (Å²) in [6.45, 7) is 2.23. The summed E-state index contributed by atoms with van der Waals surface area (Å²) in [5.41, 5.74) is 6.41. The Kier molecular flexibility index (Phi) is 2.10. The third kappa shape index (κ3) is 1.24. The van der Waals surface area contributed by atoms with Crippen LogP contribution >= 0.6 is 0 Å². The maximum Gasteiger partial charge on any atom is 0.0336 e. The van der Waals surface area contributed by atoms with Crippen LogP contribution in [0.25, 0.3) is 0 Å². The molecule has 1 aliphatic heterocycles. The quantitative estimate of drug-likeness (QED) is 0.725. The normalized spacial score (nSPS) is 40.9. The molecule has 0 aromatic carbocycles. The number of nitrogens with zero attached hydrogens (tertiary/aromatic N) is 1. The first kappa shape index (κ1) is 9.17. The lowest BCUT2D eigenvalue weighted by Gasteiger charge is -2.43. The van der Waals surface area contributed by atoms with Gasteiger partial charge in [-0.2, -0.15) is 0 Å². The third-order valence-electron chi connectivity index (χ3n) is 4.81. The SMILES string of the molecule is NCC1(N2CCCC3CCCC32)CC1. The van der Waals surface area contributed by atoms with Gasteiger partial charge in [0.25, 0.3) is 0 Å². The molecule has 2 nitrogen and oxygen atoms in total. The molecular formula is C12H22N2. The molecule has 2 saturated carbocycles. The number of hydrogen-bond donors (Lipinski definition) is 1. The fraction of sp³-hybridized carbons (Fsp3) is 1.00. The second-order valence-corrected chi connectivity index (χ2v) is 5.52. The minimum Gasteiger partial charge on any atom is -0.329 e. The number of hydrogen-bond acceptors (Lipinski definition) is 2. The van der Waals surface area contributed by atoms with Crippen LogP contribution in [0.3, 0.4) is 0 Å². The molecule has 2 unspecified atom stereocenters. The highest BCUT2D eigenvalue weighted by Crippen LogP contribution is 2.48. The van der Waals surface area contributed by atoms with E-state index in [1.165, 1.54) is 51.5 Å². The Balaban J connectivity index is 1.78. The maximum absolute atomic E-state index is 5.94. The van der Waals surface area contributed by atoms with Crippen molar-refractivity contribution in [2.75, 3.05) is 13.1 Å². The number of piperidine rings is 1. The highest BCUT2D eigenvalue weighted by Gasteiger charge is 2.51. The molecule has 0 aromatic rings. The summed E-state index contributed by atoms with van der Waals surface area (Å²) >= 11 is 0. The second-order valence-electron chi connectivity index (χ2n) is 5.52. The molecule has 2 N–H and O–H groups in total. The first-order chi connectivity index (χ1) is 6.86. The largest absolute Gasteiger partial charge is 0.329 e. The molecule has 14 heavy (non-hydrogen) atoms. The lowest BCUT2D eigenvalue weighted by Crippen LogP contribution is -2.52. The molecular weight excluding hydrogens is 172 g/mol. The van der Waals surface area contributed by atoms with Gasteiger partial charge in [-0.05, 0) is 51.0 Å². The predicted molar refractivity (Wildman–Crippen MR) is 58.1 cm³/mol. The van der Waals surface area contributed by atoms with Crippen molar-refractivity contribution in [2.45, 2.75) is 56.5 Å². The van der Waals surface area contributed by atoms with Crippen LogP contribution in [0.4, 0.5) is 0 Å². The van der Waals surface area contributed by atoms with Gasteiger partial charge in [-0.3, -0.25) is 4.90 Å². The summed E-state index contributed by atoms with van der Waals surface area (Å²) in [6, 6.07) is 0.912. The van der Waals surface area contributed by atoms with Gasteiger partial charge in [-0.15, -0.1) is 0 Å². The van der Waals surface area contributed by atoms with E-state index in [0.717, 1.165) is 18.5 Å². The average molecular weight is 194 g/mol. The van der Waals surface area contributed by atoms with E-state index in [2.05, 4.69) is 4.90 Å². The Morgan fingerprint density at radius 3 is 2.64 bits per heavy atom. The van der Waals surface area contributed by atoms with E-state index in [1.54, 1.807) is 0 Å².